The van der Waals surface area contributed by atoms with Gasteiger partial charge >= 0.3 is 6.03 Å². The standard InChI is InChI=1S/C21H23N3OS/c1-4-16-9-11-17(12-10-16)24-21(25)22-13-19-15(3)23-20(26-19)18-8-6-5-7-14(18)2/h5-12H,4,13H2,1-3H3,(H2,22,24,25). The van der Waals surface area contributed by atoms with Gasteiger partial charge < -0.3 is 10.6 Å². The zero-order valence-corrected chi connectivity index (χ0v) is 16.1. The van der Waals surface area contributed by atoms with E-state index in [-0.39, 0.29) is 6.03 Å². The summed E-state index contributed by atoms with van der Waals surface area (Å²) < 4.78 is 0. The number of amides is 2. The SMILES string of the molecule is CCc1ccc(NC(=O)NCc2sc(-c3ccccc3C)nc2C)cc1. The molecule has 0 bridgehead atoms. The van der Waals surface area contributed by atoms with E-state index in [4.69, 9.17) is 0 Å². The molecule has 0 aliphatic rings. The number of benzene rings is 2. The molecule has 5 heteroatoms. The summed E-state index contributed by atoms with van der Waals surface area (Å²) in [7, 11) is 0. The Labute approximate surface area is 158 Å². The maximum Gasteiger partial charge on any atom is 0.319 e. The fourth-order valence-electron chi connectivity index (χ4n) is 2.68. The van der Waals surface area contributed by atoms with Crippen LogP contribution in [0.2, 0.25) is 0 Å². The molecule has 134 valence electrons. The van der Waals surface area contributed by atoms with Crippen molar-refractivity contribution in [2.75, 3.05) is 5.32 Å². The van der Waals surface area contributed by atoms with Gasteiger partial charge in [0.2, 0.25) is 0 Å². The summed E-state index contributed by atoms with van der Waals surface area (Å²) in [5, 5.41) is 6.77. The van der Waals surface area contributed by atoms with Crippen molar-refractivity contribution in [2.45, 2.75) is 33.7 Å². The Hall–Kier alpha value is -2.66. The van der Waals surface area contributed by atoms with Gasteiger partial charge in [-0.05, 0) is 43.5 Å². The number of thiazole rings is 1. The van der Waals surface area contributed by atoms with Crippen LogP contribution >= 0.6 is 11.3 Å². The van der Waals surface area contributed by atoms with Gasteiger partial charge in [0.25, 0.3) is 0 Å². The quantitative estimate of drug-likeness (QED) is 0.644. The number of urea groups is 1. The summed E-state index contributed by atoms with van der Waals surface area (Å²) in [6.07, 6.45) is 0.986. The van der Waals surface area contributed by atoms with Gasteiger partial charge in [-0.2, -0.15) is 0 Å². The first-order chi connectivity index (χ1) is 12.6. The zero-order chi connectivity index (χ0) is 18.5. The van der Waals surface area contributed by atoms with Crippen LogP contribution in [-0.4, -0.2) is 11.0 Å². The smallest absolute Gasteiger partial charge is 0.319 e. The molecule has 0 radical (unpaired) electrons. The van der Waals surface area contributed by atoms with Crippen LogP contribution in [-0.2, 0) is 13.0 Å². The molecule has 0 aliphatic heterocycles. The van der Waals surface area contributed by atoms with Gasteiger partial charge in [-0.15, -0.1) is 11.3 Å². The maximum atomic E-state index is 12.1. The Morgan fingerprint density at radius 1 is 1.08 bits per heavy atom. The van der Waals surface area contributed by atoms with Gasteiger partial charge in [-0.25, -0.2) is 9.78 Å². The van der Waals surface area contributed by atoms with Gasteiger partial charge in [-0.1, -0.05) is 43.3 Å². The molecule has 0 unspecified atom stereocenters. The van der Waals surface area contributed by atoms with Crippen molar-refractivity contribution >= 4 is 23.1 Å². The number of aryl methyl sites for hydroxylation is 3. The lowest BCUT2D eigenvalue weighted by Crippen LogP contribution is -2.28. The molecule has 4 nitrogen and oxygen atoms in total. The van der Waals surface area contributed by atoms with Crippen molar-refractivity contribution in [3.8, 4) is 10.6 Å². The number of nitrogens with one attached hydrogen (secondary N) is 2. The minimum Gasteiger partial charge on any atom is -0.333 e. The van der Waals surface area contributed by atoms with Crippen molar-refractivity contribution < 1.29 is 4.79 Å². The Bertz CT molecular complexity index is 900. The molecule has 1 aromatic heterocycles. The van der Waals surface area contributed by atoms with Crippen LogP contribution in [0.5, 0.6) is 0 Å². The molecule has 3 rings (SSSR count). The summed E-state index contributed by atoms with van der Waals surface area (Å²) in [4.78, 5) is 17.9. The van der Waals surface area contributed by atoms with Crippen LogP contribution in [0.3, 0.4) is 0 Å². The number of hydrogen-bond donors (Lipinski definition) is 2. The van der Waals surface area contributed by atoms with E-state index in [0.29, 0.717) is 6.54 Å². The average molecular weight is 366 g/mol. The molecule has 2 N–H and O–H groups in total. The summed E-state index contributed by atoms with van der Waals surface area (Å²) in [5.41, 5.74) is 5.35. The van der Waals surface area contributed by atoms with Gasteiger partial charge in [0.15, 0.2) is 0 Å². The largest absolute Gasteiger partial charge is 0.333 e. The van der Waals surface area contributed by atoms with Crippen molar-refractivity contribution in [3.05, 3.63) is 70.2 Å². The zero-order valence-electron chi connectivity index (χ0n) is 15.3. The van der Waals surface area contributed by atoms with Crippen LogP contribution in [0.15, 0.2) is 48.5 Å². The molecule has 3 aromatic rings. The van der Waals surface area contributed by atoms with Crippen LogP contribution in [0.1, 0.15) is 28.6 Å². The van der Waals surface area contributed by atoms with Crippen LogP contribution < -0.4 is 10.6 Å². The van der Waals surface area contributed by atoms with Gasteiger partial charge in [0.05, 0.1) is 12.2 Å². The van der Waals surface area contributed by atoms with Crippen molar-refractivity contribution in [1.82, 2.24) is 10.3 Å². The van der Waals surface area contributed by atoms with Crippen LogP contribution in [0.4, 0.5) is 10.5 Å². The second kappa shape index (κ2) is 8.15. The van der Waals surface area contributed by atoms with E-state index < -0.39 is 0 Å². The highest BCUT2D eigenvalue weighted by Crippen LogP contribution is 2.29. The predicted octanol–water partition coefficient (Wildman–Crippen LogP) is 5.31. The number of carbonyl (C=O) groups excluding carboxylic acids is 1. The molecular formula is C21H23N3OS. The molecule has 0 saturated carbocycles. The minimum atomic E-state index is -0.209. The topological polar surface area (TPSA) is 54.0 Å². The molecular weight excluding hydrogens is 342 g/mol. The summed E-state index contributed by atoms with van der Waals surface area (Å²) in [6, 6.07) is 15.9. The third-order valence-corrected chi connectivity index (χ3v) is 5.49. The number of carbonyl (C=O) groups is 1. The van der Waals surface area contributed by atoms with Gasteiger partial charge in [0.1, 0.15) is 5.01 Å². The molecule has 0 aliphatic carbocycles. The van der Waals surface area contributed by atoms with Crippen molar-refractivity contribution in [1.29, 1.82) is 0 Å². The second-order valence-corrected chi connectivity index (χ2v) is 7.28. The van der Waals surface area contributed by atoms with E-state index >= 15 is 0 Å². The van der Waals surface area contributed by atoms with Crippen molar-refractivity contribution in [3.63, 3.8) is 0 Å². The monoisotopic (exact) mass is 365 g/mol. The van der Waals surface area contributed by atoms with Gasteiger partial charge in [-0.3, -0.25) is 0 Å². The lowest BCUT2D eigenvalue weighted by Gasteiger charge is -2.07. The first-order valence-corrected chi connectivity index (χ1v) is 9.54. The fraction of sp³-hybridized carbons (Fsp3) is 0.238. The van der Waals surface area contributed by atoms with E-state index in [9.17, 15) is 4.79 Å². The fourth-order valence-corrected chi connectivity index (χ4v) is 3.77. The lowest BCUT2D eigenvalue weighted by molar-refractivity contribution is 0.252. The van der Waals surface area contributed by atoms with Crippen molar-refractivity contribution in [2.24, 2.45) is 0 Å². The van der Waals surface area contributed by atoms with Crippen LogP contribution in [0.25, 0.3) is 10.6 Å². The molecule has 0 atom stereocenters. The van der Waals surface area contributed by atoms with E-state index in [1.807, 2.05) is 43.3 Å². The number of hydrogen-bond acceptors (Lipinski definition) is 3. The third-order valence-electron chi connectivity index (χ3n) is 4.30. The molecule has 2 amide bonds. The number of anilines is 1. The molecule has 1 heterocycles. The molecule has 0 saturated heterocycles. The highest BCUT2D eigenvalue weighted by molar-refractivity contribution is 7.15. The second-order valence-electron chi connectivity index (χ2n) is 6.20. The Morgan fingerprint density at radius 3 is 2.50 bits per heavy atom. The first-order valence-electron chi connectivity index (χ1n) is 8.73. The van der Waals surface area contributed by atoms with Crippen LogP contribution in [0, 0.1) is 13.8 Å². The molecule has 0 spiro atoms. The van der Waals surface area contributed by atoms with E-state index in [0.717, 1.165) is 33.3 Å². The number of aromatic nitrogens is 1. The lowest BCUT2D eigenvalue weighted by atomic mass is 10.1. The molecule has 2 aromatic carbocycles. The minimum absolute atomic E-state index is 0.209. The summed E-state index contributed by atoms with van der Waals surface area (Å²) >= 11 is 1.63. The Morgan fingerprint density at radius 2 is 1.81 bits per heavy atom. The van der Waals surface area contributed by atoms with E-state index in [2.05, 4.69) is 41.6 Å². The normalized spacial score (nSPS) is 10.6. The Kier molecular flexibility index (Phi) is 5.68. The first kappa shape index (κ1) is 18.1. The number of rotatable bonds is 5. The number of nitrogens with zero attached hydrogens (tertiary/aromatic N) is 1. The van der Waals surface area contributed by atoms with E-state index in [1.165, 1.54) is 11.1 Å². The highest BCUT2D eigenvalue weighted by Gasteiger charge is 2.12. The third kappa shape index (κ3) is 4.29. The predicted molar refractivity (Wildman–Crippen MR) is 109 cm³/mol. The van der Waals surface area contributed by atoms with Gasteiger partial charge in [0, 0.05) is 16.1 Å². The molecule has 26 heavy (non-hydrogen) atoms. The highest BCUT2D eigenvalue weighted by atomic mass is 32.1. The summed E-state index contributed by atoms with van der Waals surface area (Å²) in [6.45, 7) is 6.64. The summed E-state index contributed by atoms with van der Waals surface area (Å²) in [5.74, 6) is 0. The molecule has 0 fully saturated rings. The average Bonchev–Trinajstić information content (AvgIpc) is 3.01. The van der Waals surface area contributed by atoms with E-state index in [1.54, 1.807) is 11.3 Å². The Balaban J connectivity index is 1.62. The maximum absolute atomic E-state index is 12.1.